The SMILES string of the molecule is COc1cc(-n2c(O)cn(-c3ccc(Oc4ccccc4)cc3)c2=O)ccc1OCCN1CCCC1. The van der Waals surface area contributed by atoms with Crippen LogP contribution in [0.1, 0.15) is 12.8 Å². The molecule has 5 rings (SSSR count). The highest BCUT2D eigenvalue weighted by Crippen LogP contribution is 2.31. The number of rotatable bonds is 9. The molecule has 1 fully saturated rings. The van der Waals surface area contributed by atoms with Gasteiger partial charge in [-0.3, -0.25) is 9.47 Å². The molecule has 0 saturated carbocycles. The molecule has 1 N–H and O–H groups in total. The summed E-state index contributed by atoms with van der Waals surface area (Å²) >= 11 is 0. The van der Waals surface area contributed by atoms with Crippen LogP contribution < -0.4 is 19.9 Å². The average molecular weight is 488 g/mol. The van der Waals surface area contributed by atoms with Gasteiger partial charge in [0.15, 0.2) is 11.5 Å². The lowest BCUT2D eigenvalue weighted by Gasteiger charge is -2.16. The first-order chi connectivity index (χ1) is 17.6. The Bertz CT molecular complexity index is 1360. The molecule has 1 aromatic heterocycles. The number of benzene rings is 3. The summed E-state index contributed by atoms with van der Waals surface area (Å²) in [5.74, 6) is 2.28. The molecule has 1 aliphatic heterocycles. The maximum atomic E-state index is 13.2. The van der Waals surface area contributed by atoms with Gasteiger partial charge < -0.3 is 19.3 Å². The summed E-state index contributed by atoms with van der Waals surface area (Å²) in [6, 6.07) is 21.7. The molecule has 8 nitrogen and oxygen atoms in total. The van der Waals surface area contributed by atoms with E-state index in [9.17, 15) is 9.90 Å². The van der Waals surface area contributed by atoms with Gasteiger partial charge in [-0.2, -0.15) is 0 Å². The van der Waals surface area contributed by atoms with Gasteiger partial charge in [-0.05, 0) is 74.5 Å². The fourth-order valence-electron chi connectivity index (χ4n) is 4.37. The highest BCUT2D eigenvalue weighted by atomic mass is 16.5. The highest BCUT2D eigenvalue weighted by molar-refractivity contribution is 5.50. The number of hydrogen-bond donors (Lipinski definition) is 1. The third-order valence-electron chi connectivity index (χ3n) is 6.23. The zero-order valence-corrected chi connectivity index (χ0v) is 20.2. The molecule has 4 aromatic rings. The van der Waals surface area contributed by atoms with Crippen molar-refractivity contribution in [3.8, 4) is 40.3 Å². The summed E-state index contributed by atoms with van der Waals surface area (Å²) in [7, 11) is 1.55. The molecule has 0 spiro atoms. The monoisotopic (exact) mass is 487 g/mol. The van der Waals surface area contributed by atoms with Crippen LogP contribution in [0, 0.1) is 0 Å². The van der Waals surface area contributed by atoms with E-state index in [0.717, 1.165) is 25.4 Å². The lowest BCUT2D eigenvalue weighted by molar-refractivity contribution is 0.230. The molecule has 36 heavy (non-hydrogen) atoms. The van der Waals surface area contributed by atoms with Gasteiger partial charge in [0.25, 0.3) is 0 Å². The van der Waals surface area contributed by atoms with Crippen molar-refractivity contribution in [2.24, 2.45) is 0 Å². The van der Waals surface area contributed by atoms with E-state index in [-0.39, 0.29) is 5.88 Å². The van der Waals surface area contributed by atoms with Gasteiger partial charge in [0.05, 0.1) is 24.7 Å². The van der Waals surface area contributed by atoms with E-state index in [0.29, 0.717) is 35.2 Å². The quantitative estimate of drug-likeness (QED) is 0.372. The van der Waals surface area contributed by atoms with E-state index >= 15 is 0 Å². The van der Waals surface area contributed by atoms with Crippen LogP contribution in [-0.4, -0.2) is 52.5 Å². The number of aromatic nitrogens is 2. The summed E-state index contributed by atoms with van der Waals surface area (Å²) in [6.07, 6.45) is 3.87. The van der Waals surface area contributed by atoms with Gasteiger partial charge in [-0.25, -0.2) is 9.36 Å². The van der Waals surface area contributed by atoms with Gasteiger partial charge in [0, 0.05) is 12.6 Å². The molecule has 0 amide bonds. The molecule has 186 valence electrons. The molecular formula is C28H29N3O5. The zero-order chi connectivity index (χ0) is 24.9. The number of para-hydroxylation sites is 1. The molecular weight excluding hydrogens is 458 g/mol. The average Bonchev–Trinajstić information content (AvgIpc) is 3.53. The first-order valence-corrected chi connectivity index (χ1v) is 12.0. The third kappa shape index (κ3) is 5.08. The smallest absolute Gasteiger partial charge is 0.340 e. The second kappa shape index (κ2) is 10.6. The van der Waals surface area contributed by atoms with Crippen LogP contribution in [0.4, 0.5) is 0 Å². The van der Waals surface area contributed by atoms with E-state index in [1.807, 2.05) is 30.3 Å². The third-order valence-corrected chi connectivity index (χ3v) is 6.23. The van der Waals surface area contributed by atoms with Crippen molar-refractivity contribution >= 4 is 0 Å². The molecule has 0 radical (unpaired) electrons. The molecule has 0 aliphatic carbocycles. The van der Waals surface area contributed by atoms with Gasteiger partial charge in [-0.15, -0.1) is 0 Å². The summed E-state index contributed by atoms with van der Waals surface area (Å²) in [5.41, 5.74) is 0.668. The van der Waals surface area contributed by atoms with Gasteiger partial charge in [-0.1, -0.05) is 18.2 Å². The van der Waals surface area contributed by atoms with Gasteiger partial charge >= 0.3 is 5.69 Å². The van der Waals surface area contributed by atoms with E-state index < -0.39 is 5.69 Å². The minimum absolute atomic E-state index is 0.186. The topological polar surface area (TPSA) is 78.1 Å². The number of nitrogens with zero attached hydrogens (tertiary/aromatic N) is 3. The van der Waals surface area contributed by atoms with E-state index in [4.69, 9.17) is 14.2 Å². The van der Waals surface area contributed by atoms with Gasteiger partial charge in [0.2, 0.25) is 5.88 Å². The van der Waals surface area contributed by atoms with Crippen molar-refractivity contribution in [1.82, 2.24) is 14.0 Å². The maximum Gasteiger partial charge on any atom is 0.340 e. The first-order valence-electron chi connectivity index (χ1n) is 12.0. The van der Waals surface area contributed by atoms with Crippen LogP contribution in [0.3, 0.4) is 0 Å². The molecule has 1 aliphatic rings. The fourth-order valence-corrected chi connectivity index (χ4v) is 4.37. The molecule has 2 heterocycles. The van der Waals surface area contributed by atoms with Crippen molar-refractivity contribution in [3.63, 3.8) is 0 Å². The number of aromatic hydroxyl groups is 1. The summed E-state index contributed by atoms with van der Waals surface area (Å²) in [4.78, 5) is 15.6. The number of likely N-dealkylation sites (tertiary alicyclic amines) is 1. The van der Waals surface area contributed by atoms with Crippen molar-refractivity contribution < 1.29 is 19.3 Å². The van der Waals surface area contributed by atoms with Crippen molar-refractivity contribution in [2.75, 3.05) is 33.4 Å². The van der Waals surface area contributed by atoms with Crippen LogP contribution in [0.15, 0.2) is 83.8 Å². The fraction of sp³-hybridized carbons (Fsp3) is 0.250. The minimum atomic E-state index is -0.408. The number of hydrogen-bond acceptors (Lipinski definition) is 6. The minimum Gasteiger partial charge on any atom is -0.493 e. The Hall–Kier alpha value is -4.17. The predicted octanol–water partition coefficient (Wildman–Crippen LogP) is 4.61. The zero-order valence-electron chi connectivity index (χ0n) is 20.2. The van der Waals surface area contributed by atoms with E-state index in [2.05, 4.69) is 4.90 Å². The van der Waals surface area contributed by atoms with Crippen LogP contribution in [0.5, 0.6) is 28.9 Å². The Labute approximate surface area is 209 Å². The standard InChI is InChI=1S/C28H29N3O5/c1-34-26-19-22(11-14-25(26)35-18-17-29-15-5-6-16-29)31-27(32)20-30(28(31)33)21-9-12-24(13-10-21)36-23-7-3-2-4-8-23/h2-4,7-14,19-20,32H,5-6,15-18H2,1H3. The maximum absolute atomic E-state index is 13.2. The summed E-state index contributed by atoms with van der Waals surface area (Å²) in [6.45, 7) is 3.65. The summed E-state index contributed by atoms with van der Waals surface area (Å²) < 4.78 is 19.9. The molecule has 3 aromatic carbocycles. The van der Waals surface area contributed by atoms with Crippen LogP contribution in [-0.2, 0) is 0 Å². The van der Waals surface area contributed by atoms with E-state index in [1.165, 1.54) is 28.2 Å². The second-order valence-electron chi connectivity index (χ2n) is 8.62. The Kier molecular flexibility index (Phi) is 6.95. The largest absolute Gasteiger partial charge is 0.493 e. The van der Waals surface area contributed by atoms with Crippen LogP contribution >= 0.6 is 0 Å². The van der Waals surface area contributed by atoms with Crippen LogP contribution in [0.25, 0.3) is 11.4 Å². The van der Waals surface area contributed by atoms with Crippen molar-refractivity contribution in [3.05, 3.63) is 89.5 Å². The Morgan fingerprint density at radius 2 is 1.56 bits per heavy atom. The molecule has 0 bridgehead atoms. The van der Waals surface area contributed by atoms with Gasteiger partial charge in [0.1, 0.15) is 18.1 Å². The molecule has 1 saturated heterocycles. The first kappa shape index (κ1) is 23.6. The molecule has 0 unspecified atom stereocenters. The second-order valence-corrected chi connectivity index (χ2v) is 8.62. The predicted molar refractivity (Wildman–Crippen MR) is 137 cm³/mol. The molecule has 8 heteroatoms. The Morgan fingerprint density at radius 1 is 0.861 bits per heavy atom. The summed E-state index contributed by atoms with van der Waals surface area (Å²) in [5, 5.41) is 10.6. The lowest BCUT2D eigenvalue weighted by atomic mass is 10.2. The molecule has 0 atom stereocenters. The van der Waals surface area contributed by atoms with Crippen molar-refractivity contribution in [1.29, 1.82) is 0 Å². The number of methoxy groups -OCH3 is 1. The Balaban J connectivity index is 1.34. The van der Waals surface area contributed by atoms with Crippen LogP contribution in [0.2, 0.25) is 0 Å². The lowest BCUT2D eigenvalue weighted by Crippen LogP contribution is -2.25. The number of ether oxygens (including phenoxy) is 3. The van der Waals surface area contributed by atoms with E-state index in [1.54, 1.807) is 49.6 Å². The van der Waals surface area contributed by atoms with Crippen molar-refractivity contribution in [2.45, 2.75) is 12.8 Å². The Morgan fingerprint density at radius 3 is 2.28 bits per heavy atom. The normalized spacial score (nSPS) is 13.6. The number of imidazole rings is 1. The highest BCUT2D eigenvalue weighted by Gasteiger charge is 2.17.